The first-order valence-corrected chi connectivity index (χ1v) is 9.13. The number of ether oxygens (including phenoxy) is 2. The molecule has 1 saturated heterocycles. The highest BCUT2D eigenvalue weighted by molar-refractivity contribution is 6.30. The Labute approximate surface area is 167 Å². The van der Waals surface area contributed by atoms with E-state index in [-0.39, 0.29) is 12.5 Å². The van der Waals surface area contributed by atoms with E-state index in [1.807, 2.05) is 0 Å². The van der Waals surface area contributed by atoms with Crippen LogP contribution in [0.2, 0.25) is 5.02 Å². The standard InChI is InChI=1S/C20H19ClN2O5/c21-14-3-9-17(10-4-14)27-13-20(26)28-12-18(24)22-15-5-7-16(8-6-15)23-11-1-2-19(23)25/h3-10H,1-2,11-13H2,(H,22,24). The summed E-state index contributed by atoms with van der Waals surface area (Å²) in [6.45, 7) is -0.0266. The van der Waals surface area contributed by atoms with E-state index >= 15 is 0 Å². The van der Waals surface area contributed by atoms with Crippen LogP contribution in [0.4, 0.5) is 11.4 Å². The number of anilines is 2. The van der Waals surface area contributed by atoms with Crippen molar-refractivity contribution in [3.63, 3.8) is 0 Å². The van der Waals surface area contributed by atoms with E-state index in [1.54, 1.807) is 53.4 Å². The predicted octanol–water partition coefficient (Wildman–Crippen LogP) is 3.03. The summed E-state index contributed by atoms with van der Waals surface area (Å²) >= 11 is 5.76. The Morgan fingerprint density at radius 2 is 1.75 bits per heavy atom. The van der Waals surface area contributed by atoms with Gasteiger partial charge in [0.25, 0.3) is 5.91 Å². The van der Waals surface area contributed by atoms with Crippen LogP contribution in [0, 0.1) is 0 Å². The molecule has 0 unspecified atom stereocenters. The smallest absolute Gasteiger partial charge is 0.344 e. The molecule has 0 aliphatic carbocycles. The lowest BCUT2D eigenvalue weighted by atomic mass is 10.2. The summed E-state index contributed by atoms with van der Waals surface area (Å²) < 4.78 is 10.1. The van der Waals surface area contributed by atoms with Crippen molar-refractivity contribution in [3.8, 4) is 5.75 Å². The van der Waals surface area contributed by atoms with E-state index in [0.29, 0.717) is 29.4 Å². The molecule has 7 nitrogen and oxygen atoms in total. The molecule has 1 aliphatic rings. The van der Waals surface area contributed by atoms with Gasteiger partial charge in [0.1, 0.15) is 5.75 Å². The summed E-state index contributed by atoms with van der Waals surface area (Å²) in [5, 5.41) is 3.19. The molecule has 8 heteroatoms. The highest BCUT2D eigenvalue weighted by atomic mass is 35.5. The van der Waals surface area contributed by atoms with E-state index in [1.165, 1.54) is 0 Å². The Morgan fingerprint density at radius 1 is 1.04 bits per heavy atom. The summed E-state index contributed by atoms with van der Waals surface area (Å²) in [5.74, 6) is -0.551. The maximum atomic E-state index is 11.9. The van der Waals surface area contributed by atoms with Crippen molar-refractivity contribution >= 4 is 40.8 Å². The van der Waals surface area contributed by atoms with Gasteiger partial charge < -0.3 is 19.7 Å². The van der Waals surface area contributed by atoms with Gasteiger partial charge in [-0.25, -0.2) is 4.79 Å². The van der Waals surface area contributed by atoms with Gasteiger partial charge in [0, 0.05) is 29.4 Å². The van der Waals surface area contributed by atoms with Crippen LogP contribution in [0.1, 0.15) is 12.8 Å². The fourth-order valence-electron chi connectivity index (χ4n) is 2.70. The zero-order valence-electron chi connectivity index (χ0n) is 15.0. The lowest BCUT2D eigenvalue weighted by Gasteiger charge is -2.16. The summed E-state index contributed by atoms with van der Waals surface area (Å²) in [5.41, 5.74) is 1.35. The van der Waals surface area contributed by atoms with Crippen molar-refractivity contribution in [2.45, 2.75) is 12.8 Å². The van der Waals surface area contributed by atoms with Gasteiger partial charge in [-0.1, -0.05) is 11.6 Å². The number of nitrogens with zero attached hydrogens (tertiary/aromatic N) is 1. The molecule has 146 valence electrons. The highest BCUT2D eigenvalue weighted by Crippen LogP contribution is 2.23. The molecular weight excluding hydrogens is 384 g/mol. The molecular formula is C20H19ClN2O5. The van der Waals surface area contributed by atoms with Gasteiger partial charge in [0.2, 0.25) is 5.91 Å². The van der Waals surface area contributed by atoms with Crippen LogP contribution in [0.25, 0.3) is 0 Å². The molecule has 0 radical (unpaired) electrons. The van der Waals surface area contributed by atoms with Crippen molar-refractivity contribution < 1.29 is 23.9 Å². The summed E-state index contributed by atoms with van der Waals surface area (Å²) in [6, 6.07) is 13.5. The molecule has 0 bridgehead atoms. The Kier molecular flexibility index (Phi) is 6.49. The number of amides is 2. The Balaban J connectivity index is 1.40. The predicted molar refractivity (Wildman–Crippen MR) is 105 cm³/mol. The summed E-state index contributed by atoms with van der Waals surface area (Å²) in [6.07, 6.45) is 1.41. The molecule has 1 fully saturated rings. The van der Waals surface area contributed by atoms with E-state index in [4.69, 9.17) is 21.1 Å². The lowest BCUT2D eigenvalue weighted by Crippen LogP contribution is -2.24. The topological polar surface area (TPSA) is 84.9 Å². The molecule has 1 heterocycles. The van der Waals surface area contributed by atoms with Crippen LogP contribution in [0.15, 0.2) is 48.5 Å². The molecule has 0 atom stereocenters. The van der Waals surface area contributed by atoms with E-state index in [9.17, 15) is 14.4 Å². The molecule has 0 saturated carbocycles. The van der Waals surface area contributed by atoms with Gasteiger partial charge in [0.05, 0.1) is 0 Å². The van der Waals surface area contributed by atoms with Crippen molar-refractivity contribution in [2.75, 3.05) is 30.0 Å². The third-order valence-corrected chi connectivity index (χ3v) is 4.32. The summed E-state index contributed by atoms with van der Waals surface area (Å²) in [4.78, 5) is 37.0. The summed E-state index contributed by atoms with van der Waals surface area (Å²) in [7, 11) is 0. The average molecular weight is 403 g/mol. The maximum absolute atomic E-state index is 11.9. The van der Waals surface area contributed by atoms with E-state index in [2.05, 4.69) is 5.32 Å². The number of nitrogens with one attached hydrogen (secondary N) is 1. The molecule has 1 N–H and O–H groups in total. The number of esters is 1. The minimum atomic E-state index is -0.659. The number of halogens is 1. The normalized spacial score (nSPS) is 13.3. The minimum Gasteiger partial charge on any atom is -0.482 e. The molecule has 1 aliphatic heterocycles. The molecule has 0 aromatic heterocycles. The minimum absolute atomic E-state index is 0.101. The third kappa shape index (κ3) is 5.47. The zero-order valence-corrected chi connectivity index (χ0v) is 15.8. The first-order valence-electron chi connectivity index (χ1n) is 8.75. The van der Waals surface area contributed by atoms with Crippen molar-refractivity contribution in [3.05, 3.63) is 53.6 Å². The van der Waals surface area contributed by atoms with Gasteiger partial charge in [0.15, 0.2) is 13.2 Å². The first-order chi connectivity index (χ1) is 13.5. The molecule has 28 heavy (non-hydrogen) atoms. The SMILES string of the molecule is O=C(COC(=O)COc1ccc(Cl)cc1)Nc1ccc(N2CCCC2=O)cc1. The first kappa shape index (κ1) is 19.7. The third-order valence-electron chi connectivity index (χ3n) is 4.07. The number of benzene rings is 2. The number of hydrogen-bond donors (Lipinski definition) is 1. The second kappa shape index (κ2) is 9.23. The van der Waals surface area contributed by atoms with Gasteiger partial charge in [-0.15, -0.1) is 0 Å². The van der Waals surface area contributed by atoms with E-state index < -0.39 is 18.5 Å². The van der Waals surface area contributed by atoms with Gasteiger partial charge in [-0.05, 0) is 55.0 Å². The number of rotatable bonds is 7. The van der Waals surface area contributed by atoms with Gasteiger partial charge >= 0.3 is 5.97 Å². The van der Waals surface area contributed by atoms with Crippen molar-refractivity contribution in [1.29, 1.82) is 0 Å². The fraction of sp³-hybridized carbons (Fsp3) is 0.250. The highest BCUT2D eigenvalue weighted by Gasteiger charge is 2.21. The number of hydrogen-bond acceptors (Lipinski definition) is 5. The lowest BCUT2D eigenvalue weighted by molar-refractivity contribution is -0.149. The molecule has 3 rings (SSSR count). The number of carbonyl (C=O) groups excluding carboxylic acids is 3. The number of carbonyl (C=O) groups is 3. The van der Waals surface area contributed by atoms with E-state index in [0.717, 1.165) is 12.1 Å². The van der Waals surface area contributed by atoms with Gasteiger partial charge in [-0.2, -0.15) is 0 Å². The monoisotopic (exact) mass is 402 g/mol. The molecule has 2 amide bonds. The zero-order chi connectivity index (χ0) is 19.9. The Bertz CT molecular complexity index is 852. The van der Waals surface area contributed by atoms with Crippen LogP contribution < -0.4 is 15.0 Å². The van der Waals surface area contributed by atoms with Gasteiger partial charge in [-0.3, -0.25) is 9.59 Å². The Morgan fingerprint density at radius 3 is 2.39 bits per heavy atom. The quantitative estimate of drug-likeness (QED) is 0.719. The molecule has 2 aromatic carbocycles. The van der Waals surface area contributed by atoms with Crippen LogP contribution in [0.5, 0.6) is 5.75 Å². The van der Waals surface area contributed by atoms with Crippen LogP contribution in [-0.2, 0) is 19.1 Å². The van der Waals surface area contributed by atoms with Crippen LogP contribution in [-0.4, -0.2) is 37.5 Å². The largest absolute Gasteiger partial charge is 0.482 e. The van der Waals surface area contributed by atoms with Crippen molar-refractivity contribution in [1.82, 2.24) is 0 Å². The second-order valence-corrected chi connectivity index (χ2v) is 6.58. The maximum Gasteiger partial charge on any atom is 0.344 e. The second-order valence-electron chi connectivity index (χ2n) is 6.15. The molecule has 2 aromatic rings. The van der Waals surface area contributed by atoms with Crippen LogP contribution in [0.3, 0.4) is 0 Å². The van der Waals surface area contributed by atoms with Crippen molar-refractivity contribution in [2.24, 2.45) is 0 Å². The Hall–Kier alpha value is -3.06. The fourth-order valence-corrected chi connectivity index (χ4v) is 2.83. The van der Waals surface area contributed by atoms with Crippen LogP contribution >= 0.6 is 11.6 Å². The molecule has 0 spiro atoms. The average Bonchev–Trinajstić information content (AvgIpc) is 3.12.